The maximum absolute atomic E-state index is 12.4. The van der Waals surface area contributed by atoms with Crippen molar-refractivity contribution in [3.63, 3.8) is 0 Å². The summed E-state index contributed by atoms with van der Waals surface area (Å²) in [6.45, 7) is 2.34. The minimum Gasteiger partial charge on any atom is -0.493 e. The molecule has 0 radical (unpaired) electrons. The first-order chi connectivity index (χ1) is 11.8. The zero-order chi connectivity index (χ0) is 16.8. The van der Waals surface area contributed by atoms with E-state index < -0.39 is 0 Å². The van der Waals surface area contributed by atoms with E-state index in [1.807, 2.05) is 18.2 Å². The predicted molar refractivity (Wildman–Crippen MR) is 93.3 cm³/mol. The smallest absolute Gasteiger partial charge is 0.223 e. The topological polar surface area (TPSA) is 59.6 Å². The van der Waals surface area contributed by atoms with Gasteiger partial charge in [0.15, 0.2) is 11.5 Å². The number of rotatable bonds is 6. The van der Waals surface area contributed by atoms with E-state index in [4.69, 9.17) is 9.47 Å². The summed E-state index contributed by atoms with van der Waals surface area (Å²) in [5, 5.41) is 6.37. The van der Waals surface area contributed by atoms with E-state index in [1.54, 1.807) is 7.11 Å². The highest BCUT2D eigenvalue weighted by atomic mass is 16.5. The van der Waals surface area contributed by atoms with Gasteiger partial charge in [0.2, 0.25) is 5.91 Å². The van der Waals surface area contributed by atoms with Crippen molar-refractivity contribution in [2.75, 3.05) is 20.2 Å². The Morgan fingerprint density at radius 3 is 2.67 bits per heavy atom. The molecule has 0 spiro atoms. The SMILES string of the molecule is COc1cccc(CNC(=O)C2CCNCC2)c1OC1CCCC1. The van der Waals surface area contributed by atoms with E-state index in [1.165, 1.54) is 12.8 Å². The summed E-state index contributed by atoms with van der Waals surface area (Å²) >= 11 is 0. The van der Waals surface area contributed by atoms with Gasteiger partial charge in [-0.05, 0) is 57.7 Å². The van der Waals surface area contributed by atoms with Crippen LogP contribution in [-0.4, -0.2) is 32.2 Å². The molecule has 1 aromatic rings. The van der Waals surface area contributed by atoms with Gasteiger partial charge in [0.25, 0.3) is 0 Å². The van der Waals surface area contributed by atoms with Crippen molar-refractivity contribution < 1.29 is 14.3 Å². The van der Waals surface area contributed by atoms with Crippen LogP contribution in [0, 0.1) is 5.92 Å². The van der Waals surface area contributed by atoms with Gasteiger partial charge in [0.05, 0.1) is 13.2 Å². The van der Waals surface area contributed by atoms with Crippen LogP contribution in [0.1, 0.15) is 44.1 Å². The van der Waals surface area contributed by atoms with E-state index in [0.717, 1.165) is 55.8 Å². The second-order valence-corrected chi connectivity index (χ2v) is 6.71. The molecule has 1 aliphatic carbocycles. The van der Waals surface area contributed by atoms with E-state index in [0.29, 0.717) is 6.54 Å². The van der Waals surface area contributed by atoms with Crippen molar-refractivity contribution in [1.82, 2.24) is 10.6 Å². The summed E-state index contributed by atoms with van der Waals surface area (Å²) in [5.41, 5.74) is 0.989. The second kappa shape index (κ2) is 8.38. The molecule has 0 bridgehead atoms. The molecule has 3 rings (SSSR count). The number of nitrogens with one attached hydrogen (secondary N) is 2. The van der Waals surface area contributed by atoms with Crippen molar-refractivity contribution in [2.24, 2.45) is 5.92 Å². The maximum Gasteiger partial charge on any atom is 0.223 e. The molecule has 0 aromatic heterocycles. The van der Waals surface area contributed by atoms with Gasteiger partial charge in [-0.25, -0.2) is 0 Å². The van der Waals surface area contributed by atoms with Gasteiger partial charge in [-0.3, -0.25) is 4.79 Å². The number of hydrogen-bond donors (Lipinski definition) is 2. The zero-order valence-electron chi connectivity index (χ0n) is 14.5. The molecule has 0 atom stereocenters. The molecule has 5 heteroatoms. The fourth-order valence-electron chi connectivity index (χ4n) is 3.58. The number of carbonyl (C=O) groups excluding carboxylic acids is 1. The minimum atomic E-state index is 0.121. The molecular weight excluding hydrogens is 304 g/mol. The van der Waals surface area contributed by atoms with Gasteiger partial charge in [-0.1, -0.05) is 12.1 Å². The number of methoxy groups -OCH3 is 1. The lowest BCUT2D eigenvalue weighted by molar-refractivity contribution is -0.125. The summed E-state index contributed by atoms with van der Waals surface area (Å²) in [6, 6.07) is 5.88. The van der Waals surface area contributed by atoms with Crippen molar-refractivity contribution in [3.05, 3.63) is 23.8 Å². The number of hydrogen-bond acceptors (Lipinski definition) is 4. The first-order valence-corrected chi connectivity index (χ1v) is 9.09. The third-order valence-corrected chi connectivity index (χ3v) is 5.03. The lowest BCUT2D eigenvalue weighted by atomic mass is 9.97. The molecule has 1 aromatic carbocycles. The van der Waals surface area contributed by atoms with Gasteiger partial charge in [0, 0.05) is 18.0 Å². The molecule has 1 saturated heterocycles. The van der Waals surface area contributed by atoms with Crippen LogP contribution >= 0.6 is 0 Å². The highest BCUT2D eigenvalue weighted by molar-refractivity contribution is 5.78. The van der Waals surface area contributed by atoms with E-state index in [2.05, 4.69) is 10.6 Å². The minimum absolute atomic E-state index is 0.121. The van der Waals surface area contributed by atoms with Gasteiger partial charge in [-0.15, -0.1) is 0 Å². The van der Waals surface area contributed by atoms with Crippen LogP contribution in [0.2, 0.25) is 0 Å². The summed E-state index contributed by atoms with van der Waals surface area (Å²) < 4.78 is 11.7. The highest BCUT2D eigenvalue weighted by Gasteiger charge is 2.23. The Morgan fingerprint density at radius 1 is 1.21 bits per heavy atom. The number of amides is 1. The Labute approximate surface area is 144 Å². The Balaban J connectivity index is 1.66. The van der Waals surface area contributed by atoms with Crippen LogP contribution in [0.4, 0.5) is 0 Å². The monoisotopic (exact) mass is 332 g/mol. The van der Waals surface area contributed by atoms with Crippen molar-refractivity contribution in [1.29, 1.82) is 0 Å². The molecule has 1 aliphatic heterocycles. The average molecular weight is 332 g/mol. The van der Waals surface area contributed by atoms with Gasteiger partial charge in [0.1, 0.15) is 0 Å². The molecule has 2 N–H and O–H groups in total. The Hall–Kier alpha value is -1.75. The lowest BCUT2D eigenvalue weighted by Crippen LogP contribution is -2.37. The largest absolute Gasteiger partial charge is 0.493 e. The maximum atomic E-state index is 12.4. The molecule has 24 heavy (non-hydrogen) atoms. The van der Waals surface area contributed by atoms with Gasteiger partial charge >= 0.3 is 0 Å². The predicted octanol–water partition coefficient (Wildman–Crippen LogP) is 2.63. The summed E-state index contributed by atoms with van der Waals surface area (Å²) in [7, 11) is 1.66. The Kier molecular flexibility index (Phi) is 5.96. The molecule has 1 amide bonds. The summed E-state index contributed by atoms with van der Waals surface area (Å²) in [5.74, 6) is 1.80. The molecular formula is C19H28N2O3. The van der Waals surface area contributed by atoms with Crippen LogP contribution in [0.5, 0.6) is 11.5 Å². The summed E-state index contributed by atoms with van der Waals surface area (Å²) in [6.07, 6.45) is 6.73. The van der Waals surface area contributed by atoms with Crippen LogP contribution in [0.3, 0.4) is 0 Å². The fraction of sp³-hybridized carbons (Fsp3) is 0.632. The summed E-state index contributed by atoms with van der Waals surface area (Å²) in [4.78, 5) is 12.4. The van der Waals surface area contributed by atoms with E-state index in [-0.39, 0.29) is 17.9 Å². The van der Waals surface area contributed by atoms with Crippen LogP contribution in [-0.2, 0) is 11.3 Å². The fourth-order valence-corrected chi connectivity index (χ4v) is 3.58. The van der Waals surface area contributed by atoms with Crippen molar-refractivity contribution in [3.8, 4) is 11.5 Å². The molecule has 2 fully saturated rings. The standard InChI is InChI=1S/C19H28N2O3/c1-23-17-8-4-5-15(18(17)24-16-6-2-3-7-16)13-21-19(22)14-9-11-20-12-10-14/h4-5,8,14,16,20H,2-3,6-7,9-13H2,1H3,(H,21,22). The van der Waals surface area contributed by atoms with Crippen molar-refractivity contribution in [2.45, 2.75) is 51.2 Å². The Bertz CT molecular complexity index is 550. The van der Waals surface area contributed by atoms with Gasteiger partial charge < -0.3 is 20.1 Å². The third-order valence-electron chi connectivity index (χ3n) is 5.03. The number of para-hydroxylation sites is 1. The first-order valence-electron chi connectivity index (χ1n) is 9.09. The average Bonchev–Trinajstić information content (AvgIpc) is 3.14. The molecule has 5 nitrogen and oxygen atoms in total. The quantitative estimate of drug-likeness (QED) is 0.841. The van der Waals surface area contributed by atoms with Crippen LogP contribution in [0.15, 0.2) is 18.2 Å². The normalized spacial score (nSPS) is 19.2. The van der Waals surface area contributed by atoms with Gasteiger partial charge in [-0.2, -0.15) is 0 Å². The molecule has 1 heterocycles. The molecule has 0 unspecified atom stereocenters. The number of piperidine rings is 1. The number of ether oxygens (including phenoxy) is 2. The van der Waals surface area contributed by atoms with E-state index in [9.17, 15) is 4.79 Å². The molecule has 132 valence electrons. The van der Waals surface area contributed by atoms with Crippen LogP contribution < -0.4 is 20.1 Å². The zero-order valence-corrected chi connectivity index (χ0v) is 14.5. The number of benzene rings is 1. The molecule has 2 aliphatic rings. The second-order valence-electron chi connectivity index (χ2n) is 6.71. The lowest BCUT2D eigenvalue weighted by Gasteiger charge is -2.23. The van der Waals surface area contributed by atoms with E-state index >= 15 is 0 Å². The highest BCUT2D eigenvalue weighted by Crippen LogP contribution is 2.34. The van der Waals surface area contributed by atoms with Crippen LogP contribution in [0.25, 0.3) is 0 Å². The Morgan fingerprint density at radius 2 is 1.96 bits per heavy atom. The number of carbonyl (C=O) groups is 1. The first kappa shape index (κ1) is 17.1. The third kappa shape index (κ3) is 4.20. The molecule has 1 saturated carbocycles. The van der Waals surface area contributed by atoms with Crippen molar-refractivity contribution >= 4 is 5.91 Å².